The Kier molecular flexibility index (Phi) is 8.16. The lowest BCUT2D eigenvalue weighted by Crippen LogP contribution is -2.52. The van der Waals surface area contributed by atoms with Crippen molar-refractivity contribution in [3.05, 3.63) is 77.0 Å². The number of alkyl halides is 1. The molecule has 6 nitrogen and oxygen atoms in total. The molecule has 1 saturated heterocycles. The third kappa shape index (κ3) is 5.54. The maximum Gasteiger partial charge on any atom is 0.258 e. The fourth-order valence-corrected chi connectivity index (χ4v) is 7.13. The van der Waals surface area contributed by atoms with E-state index in [2.05, 4.69) is 45.6 Å². The molecular formula is C33H40BFN5OP. The number of anilines is 1. The van der Waals surface area contributed by atoms with Crippen molar-refractivity contribution in [2.24, 2.45) is 16.3 Å². The van der Waals surface area contributed by atoms with Crippen LogP contribution in [0.5, 0.6) is 0 Å². The molecule has 9 heteroatoms. The molecule has 0 spiro atoms. The fourth-order valence-electron chi connectivity index (χ4n) is 6.87. The molecule has 5 rings (SSSR count). The monoisotopic (exact) mass is 583 g/mol. The summed E-state index contributed by atoms with van der Waals surface area (Å²) in [5.41, 5.74) is 3.94. The third-order valence-corrected chi connectivity index (χ3v) is 9.77. The maximum absolute atomic E-state index is 15.4. The number of piperidine rings is 1. The lowest BCUT2D eigenvalue weighted by atomic mass is 9.58. The summed E-state index contributed by atoms with van der Waals surface area (Å²) in [4.78, 5) is 24.5. The second kappa shape index (κ2) is 11.2. The smallest absolute Gasteiger partial charge is 0.258 e. The average molecular weight is 584 g/mol. The zero-order valence-corrected chi connectivity index (χ0v) is 26.3. The summed E-state index contributed by atoms with van der Waals surface area (Å²) < 4.78 is 15.4. The number of carbonyl (C=O) groups is 1. The standard InChI is InChI=1S/C33H40BFN5OP/c1-6-38(5)30(37-4)32(17-23(18-32)19-36)24-8-7-9-25(16-24)40-21-27-26(29(40)41)14-22(15-28(27)33(34,35)42)20-39-12-10-31(2,3)11-13-39/h6-9,14-16,23H,1,10-13,17-18,20-21,42H2,2-5H3. The van der Waals surface area contributed by atoms with Gasteiger partial charge >= 0.3 is 0 Å². The van der Waals surface area contributed by atoms with Gasteiger partial charge in [-0.25, -0.2) is 4.39 Å². The lowest BCUT2D eigenvalue weighted by molar-refractivity contribution is 0.0996. The van der Waals surface area contributed by atoms with Gasteiger partial charge in [0.15, 0.2) is 0 Å². The summed E-state index contributed by atoms with van der Waals surface area (Å²) >= 11 is 0. The number of halogens is 1. The van der Waals surface area contributed by atoms with Gasteiger partial charge in [-0.1, -0.05) is 38.6 Å². The molecular weight excluding hydrogens is 543 g/mol. The Morgan fingerprint density at radius 3 is 2.60 bits per heavy atom. The first-order valence-corrected chi connectivity index (χ1v) is 15.2. The molecule has 2 fully saturated rings. The van der Waals surface area contributed by atoms with Gasteiger partial charge in [-0.05, 0) is 90.8 Å². The second-order valence-electron chi connectivity index (χ2n) is 13.0. The topological polar surface area (TPSA) is 62.9 Å². The molecule has 1 amide bonds. The predicted octanol–water partition coefficient (Wildman–Crippen LogP) is 5.87. The van der Waals surface area contributed by atoms with Crippen LogP contribution in [-0.4, -0.2) is 56.6 Å². The Bertz CT molecular complexity index is 1460. The molecule has 3 aliphatic rings. The van der Waals surface area contributed by atoms with Gasteiger partial charge in [0.1, 0.15) is 19.0 Å². The highest BCUT2D eigenvalue weighted by atomic mass is 31.0. The number of fused-ring (bicyclic) bond motifs is 1. The molecule has 0 aromatic heterocycles. The predicted molar refractivity (Wildman–Crippen MR) is 171 cm³/mol. The Morgan fingerprint density at radius 2 is 2.00 bits per heavy atom. The summed E-state index contributed by atoms with van der Waals surface area (Å²) in [6, 6.07) is 14.0. The van der Waals surface area contributed by atoms with Crippen LogP contribution in [0.2, 0.25) is 0 Å². The van der Waals surface area contributed by atoms with Crippen molar-refractivity contribution in [2.45, 2.75) is 63.3 Å². The number of likely N-dealkylation sites (N-methyl/N-ethyl adjacent to an activating group) is 1. The van der Waals surface area contributed by atoms with Crippen LogP contribution < -0.4 is 4.90 Å². The number of aliphatic imine (C=N–C) groups is 1. The first-order valence-electron chi connectivity index (χ1n) is 14.6. The fraction of sp³-hybridized carbons (Fsp3) is 0.485. The van der Waals surface area contributed by atoms with Gasteiger partial charge in [-0.3, -0.25) is 14.7 Å². The Hall–Kier alpha value is -3.01. The molecule has 2 aromatic rings. The number of likely N-dealkylation sites (tertiary alicyclic amines) is 1. The van der Waals surface area contributed by atoms with Gasteiger partial charge in [0, 0.05) is 37.8 Å². The Labute approximate surface area is 253 Å². The summed E-state index contributed by atoms with van der Waals surface area (Å²) in [5, 5.41) is 7.44. The molecule has 1 saturated carbocycles. The van der Waals surface area contributed by atoms with Gasteiger partial charge in [0.2, 0.25) is 0 Å². The van der Waals surface area contributed by atoms with Crippen molar-refractivity contribution in [2.75, 3.05) is 32.1 Å². The van der Waals surface area contributed by atoms with Crippen LogP contribution in [0, 0.1) is 22.7 Å². The van der Waals surface area contributed by atoms with Gasteiger partial charge in [0.05, 0.1) is 18.0 Å². The minimum Gasteiger partial charge on any atom is -0.340 e. The zero-order chi connectivity index (χ0) is 30.4. The summed E-state index contributed by atoms with van der Waals surface area (Å²) in [5.74, 6) is 0.598. The van der Waals surface area contributed by atoms with Crippen LogP contribution in [0.1, 0.15) is 72.1 Å². The van der Waals surface area contributed by atoms with Gasteiger partial charge in [-0.15, -0.1) is 9.24 Å². The quantitative estimate of drug-likeness (QED) is 0.177. The first-order chi connectivity index (χ1) is 19.8. The molecule has 2 heterocycles. The van der Waals surface area contributed by atoms with Crippen molar-refractivity contribution >= 4 is 34.5 Å². The molecule has 0 bridgehead atoms. The van der Waals surface area contributed by atoms with Crippen molar-refractivity contribution in [3.63, 3.8) is 0 Å². The van der Waals surface area contributed by atoms with E-state index < -0.39 is 10.7 Å². The molecule has 0 N–H and O–H groups in total. The molecule has 1 aliphatic carbocycles. The maximum atomic E-state index is 15.4. The SMILES string of the molecule is [B]C(F)(P)c1cc(CN2CCC(C)(C)CC2)cc2c1CN(c1cccc(C3(C(=NC)N(C)C=C)CC(C#N)C3)c1)C2=O. The normalized spacial score (nSPS) is 25.3. The van der Waals surface area contributed by atoms with E-state index in [0.29, 0.717) is 41.5 Å². The van der Waals surface area contributed by atoms with Crippen LogP contribution in [0.3, 0.4) is 0 Å². The van der Waals surface area contributed by atoms with E-state index in [4.69, 9.17) is 7.85 Å². The number of hydrogen-bond acceptors (Lipinski definition) is 4. The number of carbonyl (C=O) groups excluding carboxylic acids is 1. The summed E-state index contributed by atoms with van der Waals surface area (Å²) in [6.45, 7) is 11.3. The van der Waals surface area contributed by atoms with Crippen molar-refractivity contribution < 1.29 is 9.18 Å². The highest BCUT2D eigenvalue weighted by Gasteiger charge is 2.51. The first kappa shape index (κ1) is 30.5. The third-order valence-electron chi connectivity index (χ3n) is 9.46. The van der Waals surface area contributed by atoms with Crippen LogP contribution in [-0.2, 0) is 23.8 Å². The molecule has 2 atom stereocenters. The number of nitrogens with zero attached hydrogens (tertiary/aromatic N) is 5. The molecule has 2 unspecified atom stereocenters. The molecule has 218 valence electrons. The largest absolute Gasteiger partial charge is 0.340 e. The van der Waals surface area contributed by atoms with Crippen molar-refractivity contribution in [1.82, 2.24) is 9.80 Å². The van der Waals surface area contributed by atoms with E-state index in [9.17, 15) is 10.1 Å². The number of rotatable bonds is 7. The van der Waals surface area contributed by atoms with Crippen molar-refractivity contribution in [3.8, 4) is 6.07 Å². The van der Waals surface area contributed by atoms with Crippen LogP contribution in [0.4, 0.5) is 10.1 Å². The van der Waals surface area contributed by atoms with Gasteiger partial charge in [0.25, 0.3) is 5.91 Å². The number of amides is 1. The minimum atomic E-state index is -2.16. The van der Waals surface area contributed by atoms with Crippen molar-refractivity contribution in [1.29, 1.82) is 5.26 Å². The van der Waals surface area contributed by atoms with E-state index in [0.717, 1.165) is 48.6 Å². The van der Waals surface area contributed by atoms with Crippen LogP contribution in [0.15, 0.2) is 54.2 Å². The summed E-state index contributed by atoms with van der Waals surface area (Å²) in [7, 11) is 11.8. The molecule has 42 heavy (non-hydrogen) atoms. The molecule has 2 aliphatic heterocycles. The summed E-state index contributed by atoms with van der Waals surface area (Å²) in [6.07, 6.45) is 5.20. The van der Waals surface area contributed by atoms with E-state index in [1.54, 1.807) is 18.1 Å². The molecule has 2 radical (unpaired) electrons. The number of amidine groups is 1. The molecule has 2 aromatic carbocycles. The average Bonchev–Trinajstić information content (AvgIpc) is 3.26. The van der Waals surface area contributed by atoms with E-state index in [-0.39, 0.29) is 18.4 Å². The second-order valence-corrected chi connectivity index (χ2v) is 13.8. The van der Waals surface area contributed by atoms with E-state index in [1.807, 2.05) is 48.3 Å². The van der Waals surface area contributed by atoms with Gasteiger partial charge < -0.3 is 9.80 Å². The lowest BCUT2D eigenvalue weighted by Gasteiger charge is -2.48. The van der Waals surface area contributed by atoms with E-state index in [1.165, 1.54) is 0 Å². The van der Waals surface area contributed by atoms with Crippen LogP contribution >= 0.6 is 9.24 Å². The van der Waals surface area contributed by atoms with Gasteiger partial charge in [-0.2, -0.15) is 5.26 Å². The highest BCUT2D eigenvalue weighted by molar-refractivity contribution is 7.21. The van der Waals surface area contributed by atoms with E-state index >= 15 is 4.39 Å². The highest BCUT2D eigenvalue weighted by Crippen LogP contribution is 2.50. The zero-order valence-electron chi connectivity index (χ0n) is 25.2. The number of hydrogen-bond donors (Lipinski definition) is 0. The minimum absolute atomic E-state index is 0.0717. The van der Waals surface area contributed by atoms with Crippen LogP contribution in [0.25, 0.3) is 0 Å². The Balaban J connectivity index is 1.48. The number of nitriles is 1. The number of benzene rings is 2. The Morgan fingerprint density at radius 1 is 1.31 bits per heavy atom.